The second kappa shape index (κ2) is 54.5. The maximum atomic E-state index is 12.7. The van der Waals surface area contributed by atoms with Crippen molar-refractivity contribution < 1.29 is 37.6 Å². The minimum absolute atomic E-state index is 0.0493. The summed E-state index contributed by atoms with van der Waals surface area (Å²) in [6, 6.07) is 0. The van der Waals surface area contributed by atoms with Crippen LogP contribution in [0.1, 0.15) is 245 Å². The van der Waals surface area contributed by atoms with E-state index in [4.69, 9.17) is 24.3 Å². The molecule has 0 aromatic carbocycles. The van der Waals surface area contributed by atoms with Crippen LogP contribution in [0.5, 0.6) is 0 Å². The number of phosphoric acid groups is 1. The van der Waals surface area contributed by atoms with Gasteiger partial charge in [-0.25, -0.2) is 4.57 Å². The van der Waals surface area contributed by atoms with E-state index in [0.29, 0.717) is 12.8 Å². The summed E-state index contributed by atoms with van der Waals surface area (Å²) in [6.45, 7) is 3.59. The predicted octanol–water partition coefficient (Wildman–Crippen LogP) is 17.5. The van der Waals surface area contributed by atoms with Crippen molar-refractivity contribution in [3.63, 3.8) is 0 Å². The summed E-state index contributed by atoms with van der Waals surface area (Å²) in [5, 5.41) is 0. The first-order valence-corrected chi connectivity index (χ1v) is 29.6. The fourth-order valence-electron chi connectivity index (χ4n) is 7.63. The van der Waals surface area contributed by atoms with E-state index >= 15 is 0 Å². The second-order valence-corrected chi connectivity index (χ2v) is 19.9. The molecule has 0 aromatic rings. The summed E-state index contributed by atoms with van der Waals surface area (Å²) < 4.78 is 33.0. The Balaban J connectivity index is 3.92. The average Bonchev–Trinajstić information content (AvgIpc) is 3.34. The summed E-state index contributed by atoms with van der Waals surface area (Å²) in [5.41, 5.74) is 5.37. The maximum absolute atomic E-state index is 12.7. The van der Waals surface area contributed by atoms with Crippen molar-refractivity contribution in [2.45, 2.75) is 251 Å². The van der Waals surface area contributed by atoms with Gasteiger partial charge < -0.3 is 20.1 Å². The van der Waals surface area contributed by atoms with Crippen LogP contribution in [0, 0.1) is 0 Å². The number of ether oxygens (including phenoxy) is 2. The van der Waals surface area contributed by atoms with Gasteiger partial charge in [0, 0.05) is 19.4 Å². The van der Waals surface area contributed by atoms with Crippen LogP contribution in [-0.2, 0) is 32.7 Å². The van der Waals surface area contributed by atoms with Crippen molar-refractivity contribution >= 4 is 19.8 Å². The number of carbonyl (C=O) groups excluding carboxylic acids is 2. The quantitative estimate of drug-likeness (QED) is 0.0264. The lowest BCUT2D eigenvalue weighted by Gasteiger charge is -2.19. The molecule has 0 fully saturated rings. The molecule has 0 aliphatic heterocycles. The summed E-state index contributed by atoms with van der Waals surface area (Å²) >= 11 is 0. The lowest BCUT2D eigenvalue weighted by molar-refractivity contribution is -0.161. The normalized spacial score (nSPS) is 13.7. The van der Waals surface area contributed by atoms with Crippen LogP contribution < -0.4 is 5.73 Å². The van der Waals surface area contributed by atoms with E-state index in [1.54, 1.807) is 0 Å². The molecule has 2 unspecified atom stereocenters. The Hall–Kier alpha value is -2.81. The zero-order valence-electron chi connectivity index (χ0n) is 44.3. The van der Waals surface area contributed by atoms with Crippen molar-refractivity contribution in [1.29, 1.82) is 0 Å². The van der Waals surface area contributed by atoms with Gasteiger partial charge in [-0.3, -0.25) is 18.6 Å². The van der Waals surface area contributed by atoms with E-state index < -0.39 is 32.5 Å². The number of nitrogens with two attached hydrogens (primary N) is 1. The van der Waals surface area contributed by atoms with Gasteiger partial charge in [-0.1, -0.05) is 227 Å². The highest BCUT2D eigenvalue weighted by Gasteiger charge is 2.26. The summed E-state index contributed by atoms with van der Waals surface area (Å²) in [4.78, 5) is 35.1. The minimum Gasteiger partial charge on any atom is -0.462 e. The largest absolute Gasteiger partial charge is 0.472 e. The monoisotopic (exact) mass is 986 g/mol. The molecule has 0 saturated heterocycles. The van der Waals surface area contributed by atoms with Gasteiger partial charge in [0.25, 0.3) is 0 Å². The molecule has 0 spiro atoms. The number of unbranched alkanes of at least 4 members (excludes halogenated alkanes) is 25. The smallest absolute Gasteiger partial charge is 0.462 e. The zero-order chi connectivity index (χ0) is 50.2. The molecule has 0 aromatic heterocycles. The van der Waals surface area contributed by atoms with Gasteiger partial charge in [-0.15, -0.1) is 0 Å². The number of hydrogen-bond acceptors (Lipinski definition) is 8. The molecule has 0 aliphatic rings. The molecule has 0 saturated carbocycles. The first-order valence-electron chi connectivity index (χ1n) is 28.1. The Morgan fingerprint density at radius 3 is 1.19 bits per heavy atom. The van der Waals surface area contributed by atoms with E-state index in [1.165, 1.54) is 116 Å². The van der Waals surface area contributed by atoms with Crippen LogP contribution >= 0.6 is 7.82 Å². The molecule has 0 radical (unpaired) electrons. The van der Waals surface area contributed by atoms with Crippen molar-refractivity contribution in [3.8, 4) is 0 Å². The Morgan fingerprint density at radius 1 is 0.449 bits per heavy atom. The van der Waals surface area contributed by atoms with Crippen molar-refractivity contribution in [3.05, 3.63) is 85.1 Å². The van der Waals surface area contributed by atoms with Crippen LogP contribution in [0.25, 0.3) is 0 Å². The fourth-order valence-corrected chi connectivity index (χ4v) is 8.40. The molecular weight excluding hydrogens is 882 g/mol. The third-order valence-corrected chi connectivity index (χ3v) is 12.7. The van der Waals surface area contributed by atoms with E-state index in [0.717, 1.165) is 89.9 Å². The molecule has 2 atom stereocenters. The lowest BCUT2D eigenvalue weighted by Crippen LogP contribution is -2.29. The third kappa shape index (κ3) is 54.4. The minimum atomic E-state index is -4.39. The second-order valence-electron chi connectivity index (χ2n) is 18.4. The molecule has 0 heterocycles. The van der Waals surface area contributed by atoms with Crippen LogP contribution in [-0.4, -0.2) is 49.3 Å². The number of allylic oxidation sites excluding steroid dienone is 14. The van der Waals surface area contributed by atoms with E-state index in [-0.39, 0.29) is 32.6 Å². The third-order valence-electron chi connectivity index (χ3n) is 11.8. The SMILES string of the molecule is CC/C=C\C/C=C\C/C=C\C/C=C\C/C=C\CCCCCCCCCCCCCCCCCCCC(=O)OC(COC(=O)CCCCCCC/C=C\C/C=C\CCCCC)COP(=O)(O)OCCN. The molecule has 3 N–H and O–H groups in total. The van der Waals surface area contributed by atoms with E-state index in [1.807, 2.05) is 0 Å². The van der Waals surface area contributed by atoms with Gasteiger partial charge >= 0.3 is 19.8 Å². The summed E-state index contributed by atoms with van der Waals surface area (Å²) in [7, 11) is -4.39. The maximum Gasteiger partial charge on any atom is 0.472 e. The number of carbonyl (C=O) groups is 2. The van der Waals surface area contributed by atoms with Crippen LogP contribution in [0.2, 0.25) is 0 Å². The van der Waals surface area contributed by atoms with Crippen LogP contribution in [0.15, 0.2) is 85.1 Å². The highest BCUT2D eigenvalue weighted by molar-refractivity contribution is 7.47. The van der Waals surface area contributed by atoms with Gasteiger partial charge in [-0.2, -0.15) is 0 Å². The molecule has 9 nitrogen and oxygen atoms in total. The standard InChI is InChI=1S/C59H104NO8P/c1-3-5-7-9-11-13-15-17-19-20-21-22-23-24-25-26-27-28-29-30-31-32-33-34-35-36-38-40-42-44-46-48-50-52-59(62)68-57(56-67-69(63,64)66-54-53-60)55-65-58(61)51-49-47-45-43-41-39-37-18-16-14-12-10-8-6-4-2/h5,7,11-14,17-19,21-22,24-25,37,57H,3-4,6,8-10,15-16,20,23,26-36,38-56,60H2,1-2H3,(H,63,64)/b7-5-,13-11-,14-12-,19-17-,22-21-,25-24-,37-18-. The van der Waals surface area contributed by atoms with Gasteiger partial charge in [0.1, 0.15) is 6.61 Å². The number of hydrogen-bond donors (Lipinski definition) is 2. The average molecular weight is 986 g/mol. The topological polar surface area (TPSA) is 134 Å². The van der Waals surface area contributed by atoms with Crippen molar-refractivity contribution in [2.24, 2.45) is 5.73 Å². The highest BCUT2D eigenvalue weighted by atomic mass is 31.2. The molecule has 0 aliphatic carbocycles. The van der Waals surface area contributed by atoms with Crippen LogP contribution in [0.3, 0.4) is 0 Å². The molecule has 69 heavy (non-hydrogen) atoms. The Labute approximate surface area is 424 Å². The number of esters is 2. The number of phosphoric ester groups is 1. The molecular formula is C59H104NO8P. The van der Waals surface area contributed by atoms with Gasteiger partial charge in [0.05, 0.1) is 13.2 Å². The van der Waals surface area contributed by atoms with E-state index in [9.17, 15) is 19.0 Å². The van der Waals surface area contributed by atoms with Gasteiger partial charge in [0.15, 0.2) is 6.10 Å². The predicted molar refractivity (Wildman–Crippen MR) is 293 cm³/mol. The Morgan fingerprint density at radius 2 is 0.797 bits per heavy atom. The summed E-state index contributed by atoms with van der Waals surface area (Å²) in [5.74, 6) is -0.841. The Kier molecular flexibility index (Phi) is 52.3. The molecule has 10 heteroatoms. The summed E-state index contributed by atoms with van der Waals surface area (Å²) in [6.07, 6.45) is 70.7. The van der Waals surface area contributed by atoms with Crippen molar-refractivity contribution in [1.82, 2.24) is 0 Å². The Bertz CT molecular complexity index is 1400. The molecule has 398 valence electrons. The zero-order valence-corrected chi connectivity index (χ0v) is 45.2. The highest BCUT2D eigenvalue weighted by Crippen LogP contribution is 2.43. The van der Waals surface area contributed by atoms with E-state index in [2.05, 4.69) is 98.9 Å². The van der Waals surface area contributed by atoms with Gasteiger partial charge in [-0.05, 0) is 89.9 Å². The lowest BCUT2D eigenvalue weighted by atomic mass is 10.0. The van der Waals surface area contributed by atoms with Crippen LogP contribution in [0.4, 0.5) is 0 Å². The first-order chi connectivity index (χ1) is 33.8. The number of rotatable bonds is 52. The molecule has 0 amide bonds. The molecule has 0 rings (SSSR count). The van der Waals surface area contributed by atoms with Gasteiger partial charge in [0.2, 0.25) is 0 Å². The molecule has 0 bridgehead atoms. The fraction of sp³-hybridized carbons (Fsp3) is 0.729. The first kappa shape index (κ1) is 66.2. The van der Waals surface area contributed by atoms with Crippen molar-refractivity contribution in [2.75, 3.05) is 26.4 Å².